The van der Waals surface area contributed by atoms with Gasteiger partial charge in [0.05, 0.1) is 6.54 Å². The molecule has 1 aliphatic carbocycles. The van der Waals surface area contributed by atoms with E-state index in [0.29, 0.717) is 6.54 Å². The molecule has 0 saturated carbocycles. The van der Waals surface area contributed by atoms with Crippen LogP contribution in [0.5, 0.6) is 0 Å². The zero-order chi connectivity index (χ0) is 13.2. The number of oxazole rings is 1. The lowest BCUT2D eigenvalue weighted by atomic mass is 10.1. The molecule has 0 bridgehead atoms. The topological polar surface area (TPSA) is 55.1 Å². The van der Waals surface area contributed by atoms with Gasteiger partial charge in [-0.05, 0) is 30.9 Å². The van der Waals surface area contributed by atoms with Crippen LogP contribution in [0.4, 0.5) is 0 Å². The minimum atomic E-state index is 0.0459. The molecule has 19 heavy (non-hydrogen) atoms. The molecule has 0 radical (unpaired) electrons. The van der Waals surface area contributed by atoms with E-state index in [9.17, 15) is 4.79 Å². The Morgan fingerprint density at radius 3 is 2.63 bits per heavy atom. The smallest absolute Gasteiger partial charge is 0.224 e. The van der Waals surface area contributed by atoms with Crippen LogP contribution >= 0.6 is 0 Å². The van der Waals surface area contributed by atoms with Crippen LogP contribution < -0.4 is 5.32 Å². The molecule has 98 valence electrons. The molecule has 0 spiro atoms. The third-order valence-electron chi connectivity index (χ3n) is 3.70. The molecule has 4 heteroatoms. The second kappa shape index (κ2) is 4.88. The molecule has 1 aliphatic rings. The van der Waals surface area contributed by atoms with E-state index in [4.69, 9.17) is 4.42 Å². The van der Waals surface area contributed by atoms with Gasteiger partial charge in [0.25, 0.3) is 0 Å². The summed E-state index contributed by atoms with van der Waals surface area (Å²) in [4.78, 5) is 16.2. The van der Waals surface area contributed by atoms with Crippen LogP contribution in [0.1, 0.15) is 22.6 Å². The first-order valence-corrected chi connectivity index (χ1v) is 6.47. The maximum absolute atomic E-state index is 12.2. The Kier molecular flexibility index (Phi) is 3.07. The number of hydrogen-bond acceptors (Lipinski definition) is 3. The van der Waals surface area contributed by atoms with E-state index in [0.717, 1.165) is 24.3 Å². The first-order valence-electron chi connectivity index (χ1n) is 6.47. The number of amides is 1. The number of nitrogens with one attached hydrogen (secondary N) is 1. The third kappa shape index (κ3) is 2.38. The van der Waals surface area contributed by atoms with Gasteiger partial charge < -0.3 is 9.73 Å². The lowest BCUT2D eigenvalue weighted by Crippen LogP contribution is -2.30. The van der Waals surface area contributed by atoms with Crippen LogP contribution in [-0.2, 0) is 24.2 Å². The third-order valence-corrected chi connectivity index (χ3v) is 3.70. The van der Waals surface area contributed by atoms with Crippen molar-refractivity contribution >= 4 is 5.91 Å². The highest BCUT2D eigenvalue weighted by Gasteiger charge is 2.26. The van der Waals surface area contributed by atoms with Gasteiger partial charge in [0.2, 0.25) is 5.91 Å². The standard InChI is InChI=1S/C15H16N2O2/c1-10-14(17-9-19-10)8-16-15(18)13-6-11-4-2-3-5-12(11)7-13/h2-5,9,13H,6-8H2,1H3,(H,16,18). The summed E-state index contributed by atoms with van der Waals surface area (Å²) in [5, 5.41) is 2.94. The fourth-order valence-electron chi connectivity index (χ4n) is 2.56. The zero-order valence-corrected chi connectivity index (χ0v) is 10.8. The predicted octanol–water partition coefficient (Wildman–Crippen LogP) is 2.01. The predicted molar refractivity (Wildman–Crippen MR) is 70.4 cm³/mol. The summed E-state index contributed by atoms with van der Waals surface area (Å²) >= 11 is 0. The van der Waals surface area contributed by atoms with Gasteiger partial charge in [-0.1, -0.05) is 24.3 Å². The number of aromatic nitrogens is 1. The van der Waals surface area contributed by atoms with Crippen molar-refractivity contribution < 1.29 is 9.21 Å². The lowest BCUT2D eigenvalue weighted by molar-refractivity contribution is -0.124. The van der Waals surface area contributed by atoms with Gasteiger partial charge >= 0.3 is 0 Å². The molecule has 4 nitrogen and oxygen atoms in total. The minimum absolute atomic E-state index is 0.0459. The second-order valence-electron chi connectivity index (χ2n) is 4.95. The number of benzene rings is 1. The fraction of sp³-hybridized carbons (Fsp3) is 0.333. The summed E-state index contributed by atoms with van der Waals surface area (Å²) < 4.78 is 5.11. The normalized spacial score (nSPS) is 14.4. The lowest BCUT2D eigenvalue weighted by Gasteiger charge is -2.09. The highest BCUT2D eigenvalue weighted by atomic mass is 16.3. The van der Waals surface area contributed by atoms with Gasteiger partial charge in [0.15, 0.2) is 6.39 Å². The van der Waals surface area contributed by atoms with Gasteiger partial charge in [-0.15, -0.1) is 0 Å². The molecule has 0 unspecified atom stereocenters. The van der Waals surface area contributed by atoms with Crippen LogP contribution in [0.2, 0.25) is 0 Å². The Morgan fingerprint density at radius 2 is 2.05 bits per heavy atom. The van der Waals surface area contributed by atoms with E-state index in [2.05, 4.69) is 22.4 Å². The number of carbonyl (C=O) groups excluding carboxylic acids is 1. The Balaban J connectivity index is 1.60. The van der Waals surface area contributed by atoms with E-state index in [1.54, 1.807) is 0 Å². The van der Waals surface area contributed by atoms with E-state index >= 15 is 0 Å². The largest absolute Gasteiger partial charge is 0.448 e. The number of hydrogen-bond donors (Lipinski definition) is 1. The summed E-state index contributed by atoms with van der Waals surface area (Å²) in [6, 6.07) is 8.25. The van der Waals surface area contributed by atoms with Crippen molar-refractivity contribution in [3.05, 3.63) is 53.2 Å². The van der Waals surface area contributed by atoms with E-state index in [-0.39, 0.29) is 11.8 Å². The van der Waals surface area contributed by atoms with Crippen LogP contribution in [0, 0.1) is 12.8 Å². The molecule has 1 N–H and O–H groups in total. The Hall–Kier alpha value is -2.10. The maximum atomic E-state index is 12.2. The average Bonchev–Trinajstić information content (AvgIpc) is 3.01. The SMILES string of the molecule is Cc1ocnc1CNC(=O)C1Cc2ccccc2C1. The monoisotopic (exact) mass is 256 g/mol. The molecular formula is C15H16N2O2. The van der Waals surface area contributed by atoms with Gasteiger partial charge in [-0.2, -0.15) is 0 Å². The summed E-state index contributed by atoms with van der Waals surface area (Å²) in [5.41, 5.74) is 3.38. The van der Waals surface area contributed by atoms with E-state index in [1.165, 1.54) is 17.5 Å². The molecule has 0 aliphatic heterocycles. The number of nitrogens with zero attached hydrogens (tertiary/aromatic N) is 1. The molecule has 1 amide bonds. The van der Waals surface area contributed by atoms with Crippen molar-refractivity contribution in [3.8, 4) is 0 Å². The van der Waals surface area contributed by atoms with Crippen molar-refractivity contribution in [2.24, 2.45) is 5.92 Å². The van der Waals surface area contributed by atoms with Crippen LogP contribution in [0.25, 0.3) is 0 Å². The molecular weight excluding hydrogens is 240 g/mol. The van der Waals surface area contributed by atoms with Crippen LogP contribution in [-0.4, -0.2) is 10.9 Å². The Bertz CT molecular complexity index is 579. The Labute approximate surface area is 111 Å². The van der Waals surface area contributed by atoms with E-state index in [1.807, 2.05) is 19.1 Å². The average molecular weight is 256 g/mol. The number of carbonyl (C=O) groups is 1. The first-order chi connectivity index (χ1) is 9.24. The van der Waals surface area contributed by atoms with Gasteiger partial charge in [0.1, 0.15) is 11.5 Å². The van der Waals surface area contributed by atoms with Crippen LogP contribution in [0.15, 0.2) is 35.1 Å². The quantitative estimate of drug-likeness (QED) is 0.914. The molecule has 0 fully saturated rings. The maximum Gasteiger partial charge on any atom is 0.224 e. The van der Waals surface area contributed by atoms with Crippen molar-refractivity contribution in [2.45, 2.75) is 26.3 Å². The Morgan fingerprint density at radius 1 is 1.37 bits per heavy atom. The number of rotatable bonds is 3. The molecule has 3 rings (SSSR count). The minimum Gasteiger partial charge on any atom is -0.448 e. The molecule has 2 aromatic rings. The number of aryl methyl sites for hydroxylation is 1. The fourth-order valence-corrected chi connectivity index (χ4v) is 2.56. The van der Waals surface area contributed by atoms with Gasteiger partial charge in [-0.3, -0.25) is 4.79 Å². The second-order valence-corrected chi connectivity index (χ2v) is 4.95. The molecule has 0 atom stereocenters. The zero-order valence-electron chi connectivity index (χ0n) is 10.8. The van der Waals surface area contributed by atoms with Crippen molar-refractivity contribution in [1.29, 1.82) is 0 Å². The van der Waals surface area contributed by atoms with E-state index < -0.39 is 0 Å². The molecule has 1 aromatic carbocycles. The highest BCUT2D eigenvalue weighted by Crippen LogP contribution is 2.26. The molecule has 1 heterocycles. The number of fused-ring (bicyclic) bond motifs is 1. The van der Waals surface area contributed by atoms with Gasteiger partial charge in [-0.25, -0.2) is 4.98 Å². The summed E-state index contributed by atoms with van der Waals surface area (Å²) in [7, 11) is 0. The summed E-state index contributed by atoms with van der Waals surface area (Å²) in [6.45, 7) is 2.29. The van der Waals surface area contributed by atoms with Crippen molar-refractivity contribution in [1.82, 2.24) is 10.3 Å². The molecule has 0 saturated heterocycles. The van der Waals surface area contributed by atoms with Gasteiger partial charge in [0, 0.05) is 5.92 Å². The van der Waals surface area contributed by atoms with Crippen LogP contribution in [0.3, 0.4) is 0 Å². The summed E-state index contributed by atoms with van der Waals surface area (Å²) in [6.07, 6.45) is 3.07. The summed E-state index contributed by atoms with van der Waals surface area (Å²) in [5.74, 6) is 0.901. The highest BCUT2D eigenvalue weighted by molar-refractivity contribution is 5.80. The van der Waals surface area contributed by atoms with Crippen molar-refractivity contribution in [2.75, 3.05) is 0 Å². The van der Waals surface area contributed by atoms with Crippen molar-refractivity contribution in [3.63, 3.8) is 0 Å². The molecule has 1 aromatic heterocycles. The first kappa shape index (κ1) is 12.0.